The lowest BCUT2D eigenvalue weighted by Crippen LogP contribution is -2.42. The lowest BCUT2D eigenvalue weighted by Gasteiger charge is -2.35. The van der Waals surface area contributed by atoms with Crippen molar-refractivity contribution in [2.24, 2.45) is 16.8 Å². The molecule has 1 atom stereocenters. The zero-order chi connectivity index (χ0) is 16.4. The minimum atomic E-state index is 0.647. The van der Waals surface area contributed by atoms with Crippen LogP contribution in [0.25, 0.3) is 0 Å². The Labute approximate surface area is 137 Å². The van der Waals surface area contributed by atoms with Gasteiger partial charge in [-0.2, -0.15) is 0 Å². The third kappa shape index (κ3) is 5.28. The highest BCUT2D eigenvalue weighted by molar-refractivity contribution is 5.55. The SMILES string of the molecule is C=C(/C=C(\N=C/C)N1CCNCC1)C(CC)C1CCC1.CC. The summed E-state index contributed by atoms with van der Waals surface area (Å²) >= 11 is 0. The maximum atomic E-state index is 4.58. The molecule has 2 rings (SSSR count). The first-order valence-corrected chi connectivity index (χ1v) is 9.11. The number of rotatable bonds is 6. The fraction of sp³-hybridized carbons (Fsp3) is 0.737. The van der Waals surface area contributed by atoms with Crippen molar-refractivity contribution >= 4 is 6.21 Å². The van der Waals surface area contributed by atoms with E-state index >= 15 is 0 Å². The molecule has 1 N–H and O–H groups in total. The standard InChI is InChI=1S/C17H29N3.C2H6/c1-4-16(15-7-6-8-15)14(3)13-17(19-5-2)20-11-9-18-10-12-20;1-2/h5,13,15-16,18H,3-4,6-12H2,1-2H3;1-2H3/b17-13+,19-5-;. The van der Waals surface area contributed by atoms with E-state index in [-0.39, 0.29) is 0 Å². The van der Waals surface area contributed by atoms with Crippen LogP contribution in [0.5, 0.6) is 0 Å². The normalized spacial score (nSPS) is 21.1. The average Bonchev–Trinajstić information content (AvgIpc) is 2.53. The Hall–Kier alpha value is -1.09. The molecule has 22 heavy (non-hydrogen) atoms. The second-order valence-electron chi connectivity index (χ2n) is 5.91. The van der Waals surface area contributed by atoms with Crippen molar-refractivity contribution in [2.75, 3.05) is 26.2 Å². The number of hydrogen-bond acceptors (Lipinski definition) is 3. The van der Waals surface area contributed by atoms with Crippen LogP contribution < -0.4 is 5.32 Å². The molecule has 1 aliphatic carbocycles. The predicted molar refractivity (Wildman–Crippen MR) is 98.3 cm³/mol. The molecule has 0 amide bonds. The van der Waals surface area contributed by atoms with Crippen LogP contribution in [0.2, 0.25) is 0 Å². The average molecular weight is 306 g/mol. The van der Waals surface area contributed by atoms with Gasteiger partial charge in [-0.25, -0.2) is 4.99 Å². The minimum absolute atomic E-state index is 0.647. The van der Waals surface area contributed by atoms with Gasteiger partial charge in [-0.1, -0.05) is 33.8 Å². The van der Waals surface area contributed by atoms with Crippen molar-refractivity contribution in [3.63, 3.8) is 0 Å². The van der Waals surface area contributed by atoms with Crippen LogP contribution >= 0.6 is 0 Å². The Bertz CT molecular complexity index is 374. The summed E-state index contributed by atoms with van der Waals surface area (Å²) in [4.78, 5) is 6.95. The Morgan fingerprint density at radius 2 is 1.95 bits per heavy atom. The third-order valence-electron chi connectivity index (χ3n) is 4.65. The van der Waals surface area contributed by atoms with Crippen molar-refractivity contribution in [2.45, 2.75) is 53.4 Å². The number of aliphatic imine (C=N–C) groups is 1. The summed E-state index contributed by atoms with van der Waals surface area (Å²) in [5.41, 5.74) is 1.27. The molecule has 1 heterocycles. The van der Waals surface area contributed by atoms with Gasteiger partial charge in [0.1, 0.15) is 5.82 Å². The third-order valence-corrected chi connectivity index (χ3v) is 4.65. The van der Waals surface area contributed by atoms with Gasteiger partial charge in [0.25, 0.3) is 0 Å². The molecule has 0 aromatic carbocycles. The summed E-state index contributed by atoms with van der Waals surface area (Å²) in [6, 6.07) is 0. The van der Waals surface area contributed by atoms with Crippen LogP contribution in [-0.4, -0.2) is 37.3 Å². The Kier molecular flexibility index (Phi) is 9.14. The van der Waals surface area contributed by atoms with Crippen molar-refractivity contribution in [3.05, 3.63) is 24.0 Å². The monoisotopic (exact) mass is 305 g/mol. The number of allylic oxidation sites excluding steroid dienone is 2. The molecule has 3 heteroatoms. The minimum Gasteiger partial charge on any atom is -0.354 e. The van der Waals surface area contributed by atoms with Crippen molar-refractivity contribution in [1.29, 1.82) is 0 Å². The van der Waals surface area contributed by atoms with Gasteiger partial charge in [0, 0.05) is 32.4 Å². The summed E-state index contributed by atoms with van der Waals surface area (Å²) in [5, 5.41) is 3.39. The predicted octanol–water partition coefficient (Wildman–Crippen LogP) is 4.23. The highest BCUT2D eigenvalue weighted by Crippen LogP contribution is 2.39. The van der Waals surface area contributed by atoms with Gasteiger partial charge in [-0.15, -0.1) is 0 Å². The van der Waals surface area contributed by atoms with Crippen LogP contribution in [0.3, 0.4) is 0 Å². The van der Waals surface area contributed by atoms with Gasteiger partial charge in [0.2, 0.25) is 0 Å². The van der Waals surface area contributed by atoms with Crippen LogP contribution in [0, 0.1) is 11.8 Å². The zero-order valence-corrected chi connectivity index (χ0v) is 15.1. The first-order chi connectivity index (χ1) is 10.8. The molecule has 1 aliphatic heterocycles. The summed E-state index contributed by atoms with van der Waals surface area (Å²) in [7, 11) is 0. The van der Waals surface area contributed by atoms with E-state index in [1.807, 2.05) is 27.0 Å². The smallest absolute Gasteiger partial charge is 0.128 e. The van der Waals surface area contributed by atoms with E-state index in [0.717, 1.165) is 37.9 Å². The fourth-order valence-electron chi connectivity index (χ4n) is 3.25. The fourth-order valence-corrected chi connectivity index (χ4v) is 3.25. The second-order valence-corrected chi connectivity index (χ2v) is 5.91. The molecule has 2 aliphatic rings. The van der Waals surface area contributed by atoms with E-state index in [1.54, 1.807) is 0 Å². The summed E-state index contributed by atoms with van der Waals surface area (Å²) in [6.45, 7) is 16.8. The summed E-state index contributed by atoms with van der Waals surface area (Å²) < 4.78 is 0. The van der Waals surface area contributed by atoms with E-state index in [9.17, 15) is 0 Å². The lowest BCUT2D eigenvalue weighted by atomic mass is 9.72. The molecule has 0 radical (unpaired) electrons. The number of nitrogens with zero attached hydrogens (tertiary/aromatic N) is 2. The van der Waals surface area contributed by atoms with Gasteiger partial charge in [0.05, 0.1) is 0 Å². The molecule has 1 saturated heterocycles. The van der Waals surface area contributed by atoms with Gasteiger partial charge in [-0.05, 0) is 49.7 Å². The first-order valence-electron chi connectivity index (χ1n) is 9.11. The number of hydrogen-bond donors (Lipinski definition) is 1. The highest BCUT2D eigenvalue weighted by Gasteiger charge is 2.27. The largest absolute Gasteiger partial charge is 0.354 e. The van der Waals surface area contributed by atoms with Crippen LogP contribution in [-0.2, 0) is 0 Å². The topological polar surface area (TPSA) is 27.6 Å². The van der Waals surface area contributed by atoms with E-state index < -0.39 is 0 Å². The van der Waals surface area contributed by atoms with Crippen LogP contribution in [0.15, 0.2) is 29.0 Å². The number of piperazine rings is 1. The van der Waals surface area contributed by atoms with Crippen molar-refractivity contribution in [3.8, 4) is 0 Å². The van der Waals surface area contributed by atoms with Gasteiger partial charge in [-0.3, -0.25) is 0 Å². The van der Waals surface area contributed by atoms with Crippen LogP contribution in [0.4, 0.5) is 0 Å². The molecular weight excluding hydrogens is 270 g/mol. The Balaban J connectivity index is 0.00000116. The molecule has 0 aromatic rings. The Morgan fingerprint density at radius 1 is 1.32 bits per heavy atom. The molecule has 2 fully saturated rings. The zero-order valence-electron chi connectivity index (χ0n) is 15.1. The van der Waals surface area contributed by atoms with E-state index in [0.29, 0.717) is 5.92 Å². The molecule has 3 nitrogen and oxygen atoms in total. The van der Waals surface area contributed by atoms with Crippen LogP contribution in [0.1, 0.15) is 53.4 Å². The molecule has 1 saturated carbocycles. The van der Waals surface area contributed by atoms with Crippen molar-refractivity contribution < 1.29 is 0 Å². The number of nitrogens with one attached hydrogen (secondary N) is 1. The maximum Gasteiger partial charge on any atom is 0.128 e. The quantitative estimate of drug-likeness (QED) is 0.587. The Morgan fingerprint density at radius 3 is 2.41 bits per heavy atom. The molecule has 0 bridgehead atoms. The molecule has 0 spiro atoms. The summed E-state index contributed by atoms with van der Waals surface area (Å²) in [5.74, 6) is 2.60. The molecule has 126 valence electrons. The van der Waals surface area contributed by atoms with E-state index in [1.165, 1.54) is 31.3 Å². The molecule has 0 aromatic heterocycles. The maximum absolute atomic E-state index is 4.58. The summed E-state index contributed by atoms with van der Waals surface area (Å²) in [6.07, 6.45) is 9.49. The second kappa shape index (κ2) is 10.6. The molecule has 1 unspecified atom stereocenters. The van der Waals surface area contributed by atoms with E-state index in [2.05, 4.69) is 34.8 Å². The lowest BCUT2D eigenvalue weighted by molar-refractivity contribution is 0.230. The molecular formula is C19H35N3. The van der Waals surface area contributed by atoms with Gasteiger partial charge in [0.15, 0.2) is 0 Å². The van der Waals surface area contributed by atoms with Gasteiger partial charge >= 0.3 is 0 Å². The first kappa shape index (κ1) is 19.0. The van der Waals surface area contributed by atoms with Crippen molar-refractivity contribution in [1.82, 2.24) is 10.2 Å². The van der Waals surface area contributed by atoms with Gasteiger partial charge < -0.3 is 10.2 Å². The highest BCUT2D eigenvalue weighted by atomic mass is 15.2. The van der Waals surface area contributed by atoms with E-state index in [4.69, 9.17) is 0 Å².